The molecule has 3 aromatic heterocycles. The summed E-state index contributed by atoms with van der Waals surface area (Å²) < 4.78 is 1.75. The summed E-state index contributed by atoms with van der Waals surface area (Å²) in [7, 11) is 0. The van der Waals surface area contributed by atoms with Crippen molar-refractivity contribution in [2.45, 2.75) is 44.9 Å². The van der Waals surface area contributed by atoms with Crippen molar-refractivity contribution in [3.05, 3.63) is 102 Å². The van der Waals surface area contributed by atoms with Gasteiger partial charge in [0, 0.05) is 23.0 Å². The Hall–Kier alpha value is -5.23. The highest BCUT2D eigenvalue weighted by Crippen LogP contribution is 2.28. The number of nitrogens with one attached hydrogen (secondary N) is 2. The van der Waals surface area contributed by atoms with Crippen molar-refractivity contribution in [1.29, 1.82) is 0 Å². The highest BCUT2D eigenvalue weighted by molar-refractivity contribution is 5.93. The van der Waals surface area contributed by atoms with Crippen molar-refractivity contribution in [1.82, 2.24) is 40.7 Å². The third-order valence-corrected chi connectivity index (χ3v) is 6.81. The van der Waals surface area contributed by atoms with Crippen LogP contribution in [0.5, 0.6) is 0 Å². The molecule has 42 heavy (non-hydrogen) atoms. The SMILES string of the molecule is CCCc1cc(C(=O)N[C@H](Cc2ccccc2)[C@@H](O)C(=O)O)nn1Cc1ccc(-c2ccccc2-c2nnn[nH]2)nc1. The summed E-state index contributed by atoms with van der Waals surface area (Å²) in [6, 6.07) is 21.3. The molecule has 4 N–H and O–H groups in total. The second kappa shape index (κ2) is 13.0. The van der Waals surface area contributed by atoms with Gasteiger partial charge >= 0.3 is 5.97 Å². The van der Waals surface area contributed by atoms with Gasteiger partial charge in [-0.05, 0) is 46.5 Å². The average Bonchev–Trinajstić information content (AvgIpc) is 3.68. The van der Waals surface area contributed by atoms with Crippen LogP contribution in [-0.4, -0.2) is 69.6 Å². The number of aliphatic hydroxyl groups is 1. The Bertz CT molecular complexity index is 1640. The first-order valence-electron chi connectivity index (χ1n) is 13.5. The number of nitrogens with zero attached hydrogens (tertiary/aromatic N) is 6. The van der Waals surface area contributed by atoms with Gasteiger partial charge in [-0.1, -0.05) is 74.0 Å². The molecule has 5 aromatic rings. The number of aliphatic hydroxyl groups excluding tert-OH is 1. The molecule has 0 aliphatic carbocycles. The van der Waals surface area contributed by atoms with E-state index in [0.29, 0.717) is 18.8 Å². The third-order valence-electron chi connectivity index (χ3n) is 6.81. The molecule has 0 aliphatic heterocycles. The smallest absolute Gasteiger partial charge is 0.334 e. The molecule has 2 aromatic carbocycles. The van der Waals surface area contributed by atoms with Gasteiger partial charge in [-0.25, -0.2) is 9.89 Å². The number of carbonyl (C=O) groups is 2. The number of rotatable bonds is 12. The molecule has 1 amide bonds. The largest absolute Gasteiger partial charge is 0.479 e. The molecule has 0 saturated heterocycles. The van der Waals surface area contributed by atoms with E-state index in [1.54, 1.807) is 16.9 Å². The Balaban J connectivity index is 1.34. The Labute approximate surface area is 241 Å². The van der Waals surface area contributed by atoms with Crippen molar-refractivity contribution in [3.63, 3.8) is 0 Å². The van der Waals surface area contributed by atoms with Crippen molar-refractivity contribution in [2.24, 2.45) is 0 Å². The summed E-state index contributed by atoms with van der Waals surface area (Å²) >= 11 is 0. The van der Waals surface area contributed by atoms with Crippen molar-refractivity contribution < 1.29 is 19.8 Å². The van der Waals surface area contributed by atoms with E-state index in [9.17, 15) is 19.8 Å². The molecule has 0 bridgehead atoms. The van der Waals surface area contributed by atoms with Gasteiger partial charge in [0.25, 0.3) is 5.91 Å². The number of tetrazole rings is 1. The van der Waals surface area contributed by atoms with Crippen LogP contribution in [0.1, 0.15) is 40.7 Å². The lowest BCUT2D eigenvalue weighted by molar-refractivity contribution is -0.148. The average molecular weight is 567 g/mol. The number of aliphatic carboxylic acids is 1. The van der Waals surface area contributed by atoms with E-state index in [0.717, 1.165) is 40.1 Å². The van der Waals surface area contributed by atoms with E-state index >= 15 is 0 Å². The normalized spacial score (nSPS) is 12.5. The zero-order valence-corrected chi connectivity index (χ0v) is 22.9. The topological polar surface area (TPSA) is 172 Å². The van der Waals surface area contributed by atoms with Crippen LogP contribution >= 0.6 is 0 Å². The molecule has 0 unspecified atom stereocenters. The summed E-state index contributed by atoms with van der Waals surface area (Å²) in [5.74, 6) is -1.42. The minimum absolute atomic E-state index is 0.147. The monoisotopic (exact) mass is 566 g/mol. The highest BCUT2D eigenvalue weighted by Gasteiger charge is 2.29. The molecule has 214 valence electrons. The standard InChI is InChI=1S/C30H30N8O4/c1-2-8-21-16-26(29(40)32-25(27(39)30(41)42)15-19-9-4-3-5-10-19)35-38(21)18-20-13-14-24(31-17-20)22-11-6-7-12-23(22)28-33-36-37-34-28/h3-7,9-14,16-17,25,27,39H,2,8,15,18H2,1H3,(H,32,40)(H,41,42)(H,33,34,36,37)/t25-,27-/m1/s1. The Morgan fingerprint density at radius 2 is 1.76 bits per heavy atom. The molecule has 3 heterocycles. The predicted molar refractivity (Wildman–Crippen MR) is 153 cm³/mol. The maximum Gasteiger partial charge on any atom is 0.334 e. The molecule has 0 spiro atoms. The fourth-order valence-electron chi connectivity index (χ4n) is 4.72. The maximum atomic E-state index is 13.2. The maximum absolute atomic E-state index is 13.2. The van der Waals surface area contributed by atoms with E-state index in [4.69, 9.17) is 0 Å². The van der Waals surface area contributed by atoms with Crippen LogP contribution in [0.15, 0.2) is 79.0 Å². The lowest BCUT2D eigenvalue weighted by atomic mass is 10.0. The van der Waals surface area contributed by atoms with Gasteiger partial charge in [0.05, 0.1) is 18.3 Å². The van der Waals surface area contributed by atoms with Crippen molar-refractivity contribution >= 4 is 11.9 Å². The first-order valence-corrected chi connectivity index (χ1v) is 13.5. The molecule has 5 rings (SSSR count). The van der Waals surface area contributed by atoms with Crippen LogP contribution < -0.4 is 5.32 Å². The van der Waals surface area contributed by atoms with Gasteiger partial charge in [-0.2, -0.15) is 5.10 Å². The predicted octanol–water partition coefficient (Wildman–Crippen LogP) is 2.91. The second-order valence-corrected chi connectivity index (χ2v) is 9.83. The highest BCUT2D eigenvalue weighted by atomic mass is 16.4. The second-order valence-electron chi connectivity index (χ2n) is 9.83. The number of aromatic amines is 1. The van der Waals surface area contributed by atoms with Gasteiger partial charge in [-0.15, -0.1) is 5.10 Å². The molecule has 0 radical (unpaired) electrons. The Morgan fingerprint density at radius 3 is 2.43 bits per heavy atom. The number of hydrogen-bond acceptors (Lipinski definition) is 8. The van der Waals surface area contributed by atoms with Crippen molar-refractivity contribution in [2.75, 3.05) is 0 Å². The number of carboxylic acids is 1. The molecule has 0 aliphatic rings. The van der Waals surface area contributed by atoms with Crippen LogP contribution in [0.25, 0.3) is 22.6 Å². The quantitative estimate of drug-likeness (QED) is 0.177. The molecular formula is C30H30N8O4. The zero-order valence-electron chi connectivity index (χ0n) is 22.9. The molecule has 2 atom stereocenters. The summed E-state index contributed by atoms with van der Waals surface area (Å²) in [6.07, 6.45) is 1.67. The molecule has 0 saturated carbocycles. The number of hydrogen-bond donors (Lipinski definition) is 4. The van der Waals surface area contributed by atoms with Crippen LogP contribution in [-0.2, 0) is 24.2 Å². The number of aryl methyl sites for hydroxylation is 1. The minimum atomic E-state index is -1.78. The van der Waals surface area contributed by atoms with Gasteiger partial charge in [-0.3, -0.25) is 14.5 Å². The summed E-state index contributed by atoms with van der Waals surface area (Å²) in [4.78, 5) is 29.4. The summed E-state index contributed by atoms with van der Waals surface area (Å²) in [6.45, 7) is 2.42. The van der Waals surface area contributed by atoms with E-state index in [1.165, 1.54) is 0 Å². The van der Waals surface area contributed by atoms with Gasteiger partial charge in [0.2, 0.25) is 0 Å². The van der Waals surface area contributed by atoms with E-state index in [2.05, 4.69) is 36.0 Å². The van der Waals surface area contributed by atoms with Gasteiger partial charge in [0.15, 0.2) is 11.9 Å². The first kappa shape index (κ1) is 28.3. The number of pyridine rings is 1. The molecular weight excluding hydrogens is 536 g/mol. The van der Waals surface area contributed by atoms with Crippen LogP contribution in [0, 0.1) is 0 Å². The Kier molecular flexibility index (Phi) is 8.73. The number of carbonyl (C=O) groups excluding carboxylic acids is 1. The van der Waals surface area contributed by atoms with E-state index in [1.807, 2.05) is 73.7 Å². The molecule has 0 fully saturated rings. The number of benzene rings is 2. The zero-order chi connectivity index (χ0) is 29.5. The van der Waals surface area contributed by atoms with E-state index in [-0.39, 0.29) is 12.1 Å². The molecule has 12 nitrogen and oxygen atoms in total. The van der Waals surface area contributed by atoms with Crippen LogP contribution in [0.2, 0.25) is 0 Å². The van der Waals surface area contributed by atoms with Gasteiger partial charge < -0.3 is 15.5 Å². The van der Waals surface area contributed by atoms with E-state index < -0.39 is 24.0 Å². The Morgan fingerprint density at radius 1 is 1.00 bits per heavy atom. The lowest BCUT2D eigenvalue weighted by Gasteiger charge is -2.21. The fourth-order valence-corrected chi connectivity index (χ4v) is 4.72. The number of H-pyrrole nitrogens is 1. The third kappa shape index (κ3) is 6.56. The minimum Gasteiger partial charge on any atom is -0.479 e. The van der Waals surface area contributed by atoms with Crippen molar-refractivity contribution in [3.8, 4) is 22.6 Å². The summed E-state index contributed by atoms with van der Waals surface area (Å²) in [5, 5.41) is 41.1. The molecule has 12 heteroatoms. The number of amides is 1. The number of aromatic nitrogens is 7. The lowest BCUT2D eigenvalue weighted by Crippen LogP contribution is -2.48. The number of carboxylic acid groups (broad SMARTS) is 1. The fraction of sp³-hybridized carbons (Fsp3) is 0.233. The van der Waals surface area contributed by atoms with Crippen LogP contribution in [0.4, 0.5) is 0 Å². The van der Waals surface area contributed by atoms with Crippen LogP contribution in [0.3, 0.4) is 0 Å². The first-order chi connectivity index (χ1) is 20.4. The van der Waals surface area contributed by atoms with Gasteiger partial charge in [0.1, 0.15) is 5.69 Å². The summed E-state index contributed by atoms with van der Waals surface area (Å²) in [5.41, 5.74) is 5.13.